The highest BCUT2D eigenvalue weighted by Crippen LogP contribution is 2.32. The zero-order chi connectivity index (χ0) is 15.4. The molecule has 6 nitrogen and oxygen atoms in total. The molecule has 3 rings (SSSR count). The Morgan fingerprint density at radius 1 is 1.55 bits per heavy atom. The van der Waals surface area contributed by atoms with Gasteiger partial charge in [0.1, 0.15) is 6.07 Å². The molecule has 1 unspecified atom stereocenters. The Morgan fingerprint density at radius 2 is 2.45 bits per heavy atom. The molecule has 6 heteroatoms. The summed E-state index contributed by atoms with van der Waals surface area (Å²) >= 11 is 0. The molecule has 1 N–H and O–H groups in total. The summed E-state index contributed by atoms with van der Waals surface area (Å²) < 4.78 is 7.06. The van der Waals surface area contributed by atoms with Crippen molar-refractivity contribution < 1.29 is 4.74 Å². The van der Waals surface area contributed by atoms with E-state index in [2.05, 4.69) is 22.6 Å². The number of hydrogen-bond donors (Lipinski definition) is 1. The van der Waals surface area contributed by atoms with Crippen molar-refractivity contribution in [2.45, 2.75) is 31.8 Å². The fraction of sp³-hybridized carbons (Fsp3) is 0.438. The summed E-state index contributed by atoms with van der Waals surface area (Å²) in [5.41, 5.74) is 3.76. The molecule has 0 radical (unpaired) electrons. The van der Waals surface area contributed by atoms with Gasteiger partial charge >= 0.3 is 0 Å². The minimum absolute atomic E-state index is 0.141. The zero-order valence-electron chi connectivity index (χ0n) is 12.6. The second kappa shape index (κ2) is 6.58. The lowest BCUT2D eigenvalue weighted by molar-refractivity contribution is 0.183. The average molecular weight is 297 g/mol. The predicted molar refractivity (Wildman–Crippen MR) is 82.4 cm³/mol. The number of nitrogens with zero attached hydrogens (tertiary/aromatic N) is 4. The summed E-state index contributed by atoms with van der Waals surface area (Å²) in [5, 5.41) is 17.3. The second-order valence-electron chi connectivity index (χ2n) is 5.42. The number of aromatic nitrogens is 3. The molecular weight excluding hydrogens is 278 g/mol. The van der Waals surface area contributed by atoms with Crippen LogP contribution < -0.4 is 5.32 Å². The largest absolute Gasteiger partial charge is 0.383 e. The van der Waals surface area contributed by atoms with Gasteiger partial charge in [0.05, 0.1) is 36.1 Å². The second-order valence-corrected chi connectivity index (χ2v) is 5.42. The van der Waals surface area contributed by atoms with Crippen molar-refractivity contribution in [3.8, 4) is 6.07 Å². The summed E-state index contributed by atoms with van der Waals surface area (Å²) in [6, 6.07) is 4.16. The Hall–Kier alpha value is -2.39. The molecule has 2 aromatic heterocycles. The number of nitrogens with one attached hydrogen (secondary N) is 1. The highest BCUT2D eigenvalue weighted by molar-refractivity contribution is 5.57. The van der Waals surface area contributed by atoms with Crippen LogP contribution in [-0.4, -0.2) is 28.5 Å². The van der Waals surface area contributed by atoms with Crippen LogP contribution in [0.2, 0.25) is 0 Å². The standard InChI is InChI=1S/C16H19N5O/c1-22-8-7-21-11-12-3-2-4-15(16(12)20-21)19-14-5-6-18-10-13(14)9-17/h5-6,10-11,15H,2-4,7-8H2,1H3,(H,18,19). The van der Waals surface area contributed by atoms with Gasteiger partial charge in [0, 0.05) is 25.7 Å². The van der Waals surface area contributed by atoms with E-state index < -0.39 is 0 Å². The molecule has 0 spiro atoms. The Labute approximate surface area is 129 Å². The Bertz CT molecular complexity index is 688. The Balaban J connectivity index is 1.82. The van der Waals surface area contributed by atoms with E-state index in [1.54, 1.807) is 19.5 Å². The lowest BCUT2D eigenvalue weighted by Gasteiger charge is -2.23. The maximum atomic E-state index is 9.18. The number of fused-ring (bicyclic) bond motifs is 1. The van der Waals surface area contributed by atoms with Crippen molar-refractivity contribution in [3.63, 3.8) is 0 Å². The van der Waals surface area contributed by atoms with E-state index in [1.165, 1.54) is 5.56 Å². The van der Waals surface area contributed by atoms with Gasteiger partial charge < -0.3 is 10.1 Å². The summed E-state index contributed by atoms with van der Waals surface area (Å²) in [6.45, 7) is 1.41. The van der Waals surface area contributed by atoms with Crippen LogP contribution in [0.25, 0.3) is 0 Å². The molecule has 2 aromatic rings. The first-order chi connectivity index (χ1) is 10.8. The van der Waals surface area contributed by atoms with E-state index in [0.29, 0.717) is 12.2 Å². The molecule has 2 heterocycles. The Morgan fingerprint density at radius 3 is 3.27 bits per heavy atom. The quantitative estimate of drug-likeness (QED) is 0.916. The molecule has 0 aromatic carbocycles. The van der Waals surface area contributed by atoms with Gasteiger partial charge in [-0.1, -0.05) is 0 Å². The average Bonchev–Trinajstić information content (AvgIpc) is 2.97. The lowest BCUT2D eigenvalue weighted by atomic mass is 9.93. The molecule has 0 fully saturated rings. The van der Waals surface area contributed by atoms with Gasteiger partial charge in [0.2, 0.25) is 0 Å². The molecule has 0 saturated carbocycles. The first kappa shape index (κ1) is 14.5. The molecule has 0 bridgehead atoms. The molecular formula is C16H19N5O. The summed E-state index contributed by atoms with van der Waals surface area (Å²) in [5.74, 6) is 0. The van der Waals surface area contributed by atoms with Crippen LogP contribution in [-0.2, 0) is 17.7 Å². The molecule has 0 aliphatic heterocycles. The number of ether oxygens (including phenoxy) is 1. The monoisotopic (exact) mass is 297 g/mol. The fourth-order valence-electron chi connectivity index (χ4n) is 2.83. The Kier molecular flexibility index (Phi) is 4.35. The van der Waals surface area contributed by atoms with E-state index in [-0.39, 0.29) is 6.04 Å². The summed E-state index contributed by atoms with van der Waals surface area (Å²) in [6.07, 6.45) is 8.59. The van der Waals surface area contributed by atoms with Crippen LogP contribution in [0.1, 0.15) is 35.7 Å². The highest BCUT2D eigenvalue weighted by atomic mass is 16.5. The number of nitriles is 1. The van der Waals surface area contributed by atoms with Crippen LogP contribution in [0.4, 0.5) is 5.69 Å². The topological polar surface area (TPSA) is 75.8 Å². The normalized spacial score (nSPS) is 16.8. The van der Waals surface area contributed by atoms with Gasteiger partial charge in [-0.05, 0) is 30.9 Å². The van der Waals surface area contributed by atoms with Gasteiger partial charge in [0.25, 0.3) is 0 Å². The number of pyridine rings is 1. The third kappa shape index (κ3) is 2.95. The molecule has 0 amide bonds. The van der Waals surface area contributed by atoms with Crippen LogP contribution in [0.5, 0.6) is 0 Å². The van der Waals surface area contributed by atoms with E-state index >= 15 is 0 Å². The van der Waals surface area contributed by atoms with E-state index in [4.69, 9.17) is 9.84 Å². The summed E-state index contributed by atoms with van der Waals surface area (Å²) in [7, 11) is 1.70. The minimum Gasteiger partial charge on any atom is -0.383 e. The van der Waals surface area contributed by atoms with Crippen LogP contribution in [0.15, 0.2) is 24.7 Å². The first-order valence-electron chi connectivity index (χ1n) is 7.47. The van der Waals surface area contributed by atoms with Crippen LogP contribution in [0.3, 0.4) is 0 Å². The summed E-state index contributed by atoms with van der Waals surface area (Å²) in [4.78, 5) is 4.00. The lowest BCUT2D eigenvalue weighted by Crippen LogP contribution is -2.18. The first-order valence-corrected chi connectivity index (χ1v) is 7.47. The smallest absolute Gasteiger partial charge is 0.103 e. The van der Waals surface area contributed by atoms with Gasteiger partial charge in [0.15, 0.2) is 0 Å². The third-order valence-electron chi connectivity index (χ3n) is 3.93. The van der Waals surface area contributed by atoms with Crippen LogP contribution in [0, 0.1) is 11.3 Å². The number of methoxy groups -OCH3 is 1. The number of aryl methyl sites for hydroxylation is 1. The SMILES string of the molecule is COCCn1cc2c(n1)C(Nc1ccncc1C#N)CCC2. The molecule has 114 valence electrons. The van der Waals surface area contributed by atoms with Gasteiger partial charge in [-0.2, -0.15) is 10.4 Å². The highest BCUT2D eigenvalue weighted by Gasteiger charge is 2.24. The molecule has 22 heavy (non-hydrogen) atoms. The molecule has 0 saturated heterocycles. The number of hydrogen-bond acceptors (Lipinski definition) is 5. The van der Waals surface area contributed by atoms with Crippen LogP contribution >= 0.6 is 0 Å². The van der Waals surface area contributed by atoms with Crippen molar-refractivity contribution in [2.75, 3.05) is 19.0 Å². The molecule has 1 aliphatic rings. The van der Waals surface area contributed by atoms with Crippen molar-refractivity contribution in [1.29, 1.82) is 5.26 Å². The molecule has 1 aliphatic carbocycles. The van der Waals surface area contributed by atoms with Gasteiger partial charge in [-0.15, -0.1) is 0 Å². The van der Waals surface area contributed by atoms with Crippen molar-refractivity contribution in [2.24, 2.45) is 0 Å². The van der Waals surface area contributed by atoms with Crippen molar-refractivity contribution in [3.05, 3.63) is 41.5 Å². The zero-order valence-corrected chi connectivity index (χ0v) is 12.6. The minimum atomic E-state index is 0.141. The maximum absolute atomic E-state index is 9.18. The molecule has 1 atom stereocenters. The maximum Gasteiger partial charge on any atom is 0.103 e. The van der Waals surface area contributed by atoms with E-state index in [0.717, 1.165) is 37.2 Å². The fourth-order valence-corrected chi connectivity index (χ4v) is 2.83. The van der Waals surface area contributed by atoms with Gasteiger partial charge in [-0.25, -0.2) is 0 Å². The third-order valence-corrected chi connectivity index (χ3v) is 3.93. The predicted octanol–water partition coefficient (Wildman–Crippen LogP) is 2.29. The van der Waals surface area contributed by atoms with E-state index in [1.807, 2.05) is 10.7 Å². The van der Waals surface area contributed by atoms with Crippen molar-refractivity contribution >= 4 is 5.69 Å². The van der Waals surface area contributed by atoms with Gasteiger partial charge in [-0.3, -0.25) is 9.67 Å². The van der Waals surface area contributed by atoms with E-state index in [9.17, 15) is 5.26 Å². The number of rotatable bonds is 5. The number of anilines is 1. The van der Waals surface area contributed by atoms with Crippen molar-refractivity contribution in [1.82, 2.24) is 14.8 Å².